The lowest BCUT2D eigenvalue weighted by atomic mass is 10.1. The number of benzene rings is 2. The first-order valence-corrected chi connectivity index (χ1v) is 11.0. The van der Waals surface area contributed by atoms with Gasteiger partial charge in [0.25, 0.3) is 16.0 Å². The van der Waals surface area contributed by atoms with Crippen LogP contribution in [0, 0.1) is 5.82 Å². The molecule has 0 radical (unpaired) electrons. The van der Waals surface area contributed by atoms with Gasteiger partial charge in [0.05, 0.1) is 18.6 Å². The molecule has 2 aromatic carbocycles. The lowest BCUT2D eigenvalue weighted by Gasteiger charge is -2.13. The van der Waals surface area contributed by atoms with Gasteiger partial charge in [0.1, 0.15) is 6.61 Å². The molecule has 0 aliphatic rings. The van der Waals surface area contributed by atoms with E-state index >= 15 is 0 Å². The summed E-state index contributed by atoms with van der Waals surface area (Å²) in [5.41, 5.74) is 1.62. The Kier molecular flexibility index (Phi) is 6.74. The lowest BCUT2D eigenvalue weighted by molar-refractivity contribution is 0.268. The average molecular weight is 456 g/mol. The Morgan fingerprint density at radius 1 is 1.00 bits per heavy atom. The number of nitrogens with zero attached hydrogens (tertiary/aromatic N) is 1. The van der Waals surface area contributed by atoms with E-state index < -0.39 is 22.5 Å². The fraction of sp³-hybridized carbons (Fsp3) is 0.150. The monoisotopic (exact) mass is 455 g/mol. The molecule has 29 heavy (non-hydrogen) atoms. The Labute approximate surface area is 178 Å². The summed E-state index contributed by atoms with van der Waals surface area (Å²) in [6.45, 7) is -0.424. The van der Waals surface area contributed by atoms with Crippen LogP contribution in [0.25, 0.3) is 11.3 Å². The van der Waals surface area contributed by atoms with Crippen molar-refractivity contribution in [1.29, 1.82) is 0 Å². The number of aromatic nitrogens is 1. The largest absolute Gasteiger partial charge is 0.471 e. The SMILES string of the molecule is CS(=O)(=O)OCc1cc(-c2cc(Cl)cc(Cl)c2)nc(OCc2ccccc2)c1F. The van der Waals surface area contributed by atoms with Crippen molar-refractivity contribution in [1.82, 2.24) is 4.98 Å². The maximum Gasteiger partial charge on any atom is 0.264 e. The van der Waals surface area contributed by atoms with Gasteiger partial charge >= 0.3 is 0 Å². The zero-order valence-electron chi connectivity index (χ0n) is 15.2. The fourth-order valence-corrected chi connectivity index (χ4v) is 3.37. The zero-order chi connectivity index (χ0) is 21.0. The van der Waals surface area contributed by atoms with Crippen LogP contribution in [0.15, 0.2) is 54.6 Å². The summed E-state index contributed by atoms with van der Waals surface area (Å²) in [4.78, 5) is 4.23. The summed E-state index contributed by atoms with van der Waals surface area (Å²) in [6.07, 6.45) is 0.885. The molecule has 0 bridgehead atoms. The molecule has 1 aromatic heterocycles. The van der Waals surface area contributed by atoms with E-state index in [0.717, 1.165) is 11.8 Å². The van der Waals surface area contributed by atoms with Gasteiger partial charge in [0, 0.05) is 21.2 Å². The van der Waals surface area contributed by atoms with Crippen LogP contribution < -0.4 is 4.74 Å². The summed E-state index contributed by atoms with van der Waals surface area (Å²) in [6, 6.07) is 15.3. The molecule has 0 atom stereocenters. The molecular weight excluding hydrogens is 440 g/mol. The number of hydrogen-bond acceptors (Lipinski definition) is 5. The van der Waals surface area contributed by atoms with Crippen LogP contribution in [0.4, 0.5) is 4.39 Å². The first-order chi connectivity index (χ1) is 13.7. The Bertz CT molecular complexity index is 1100. The molecule has 0 saturated heterocycles. The summed E-state index contributed by atoms with van der Waals surface area (Å²) in [7, 11) is -3.77. The van der Waals surface area contributed by atoms with Gasteiger partial charge in [-0.1, -0.05) is 53.5 Å². The second-order valence-corrected chi connectivity index (χ2v) is 8.70. The third-order valence-electron chi connectivity index (χ3n) is 3.81. The van der Waals surface area contributed by atoms with Crippen LogP contribution in [0.5, 0.6) is 5.88 Å². The van der Waals surface area contributed by atoms with Crippen LogP contribution in [0.1, 0.15) is 11.1 Å². The molecule has 0 amide bonds. The van der Waals surface area contributed by atoms with E-state index in [-0.39, 0.29) is 18.1 Å². The van der Waals surface area contributed by atoms with Crippen LogP contribution in [0.2, 0.25) is 10.0 Å². The van der Waals surface area contributed by atoms with Gasteiger partial charge < -0.3 is 4.74 Å². The van der Waals surface area contributed by atoms with Crippen molar-refractivity contribution in [2.45, 2.75) is 13.2 Å². The van der Waals surface area contributed by atoms with Gasteiger partial charge in [-0.25, -0.2) is 9.37 Å². The van der Waals surface area contributed by atoms with E-state index in [9.17, 15) is 12.8 Å². The molecule has 0 saturated carbocycles. The molecule has 5 nitrogen and oxygen atoms in total. The minimum absolute atomic E-state index is 0.0282. The topological polar surface area (TPSA) is 65.5 Å². The third-order valence-corrected chi connectivity index (χ3v) is 4.79. The predicted molar refractivity (Wildman–Crippen MR) is 110 cm³/mol. The normalized spacial score (nSPS) is 11.4. The maximum absolute atomic E-state index is 14.9. The van der Waals surface area contributed by atoms with Crippen molar-refractivity contribution in [2.75, 3.05) is 6.26 Å². The van der Waals surface area contributed by atoms with Gasteiger partial charge in [-0.15, -0.1) is 0 Å². The molecule has 3 aromatic rings. The molecule has 3 rings (SSSR count). The first-order valence-electron chi connectivity index (χ1n) is 8.38. The summed E-state index contributed by atoms with van der Waals surface area (Å²) in [5, 5.41) is 0.749. The number of ether oxygens (including phenoxy) is 1. The molecule has 0 aliphatic carbocycles. The minimum atomic E-state index is -3.77. The molecular formula is C20H16Cl2FNO4S. The third kappa shape index (κ3) is 6.14. The van der Waals surface area contributed by atoms with Crippen molar-refractivity contribution in [2.24, 2.45) is 0 Å². The van der Waals surface area contributed by atoms with Gasteiger partial charge in [0.15, 0.2) is 5.82 Å². The highest BCUT2D eigenvalue weighted by molar-refractivity contribution is 7.85. The van der Waals surface area contributed by atoms with Crippen molar-refractivity contribution in [3.8, 4) is 17.1 Å². The number of rotatable bonds is 7. The maximum atomic E-state index is 14.9. The molecule has 0 unspecified atom stereocenters. The van der Waals surface area contributed by atoms with Crippen LogP contribution in [-0.2, 0) is 27.5 Å². The highest BCUT2D eigenvalue weighted by atomic mass is 35.5. The van der Waals surface area contributed by atoms with Crippen molar-refractivity contribution >= 4 is 33.3 Å². The van der Waals surface area contributed by atoms with E-state index in [0.29, 0.717) is 21.3 Å². The average Bonchev–Trinajstić information content (AvgIpc) is 2.65. The first kappa shape index (κ1) is 21.5. The van der Waals surface area contributed by atoms with E-state index in [4.69, 9.17) is 32.1 Å². The van der Waals surface area contributed by atoms with Crippen LogP contribution in [0.3, 0.4) is 0 Å². The molecule has 152 valence electrons. The van der Waals surface area contributed by atoms with E-state index in [1.807, 2.05) is 30.3 Å². The molecule has 0 aliphatic heterocycles. The highest BCUT2D eigenvalue weighted by Crippen LogP contribution is 2.30. The predicted octanol–water partition coefficient (Wildman–Crippen LogP) is 5.25. The van der Waals surface area contributed by atoms with Gasteiger partial charge in [-0.2, -0.15) is 8.42 Å². The Morgan fingerprint density at radius 2 is 1.66 bits per heavy atom. The van der Waals surface area contributed by atoms with Crippen LogP contribution >= 0.6 is 23.2 Å². The van der Waals surface area contributed by atoms with Crippen LogP contribution in [-0.4, -0.2) is 19.7 Å². The second kappa shape index (κ2) is 9.09. The summed E-state index contributed by atoms with van der Waals surface area (Å²) >= 11 is 12.1. The van der Waals surface area contributed by atoms with E-state index in [2.05, 4.69) is 4.98 Å². The molecule has 0 fully saturated rings. The van der Waals surface area contributed by atoms with E-state index in [1.165, 1.54) is 6.07 Å². The summed E-state index contributed by atoms with van der Waals surface area (Å²) in [5.74, 6) is -1.09. The number of halogens is 3. The van der Waals surface area contributed by atoms with E-state index in [1.54, 1.807) is 18.2 Å². The molecule has 0 N–H and O–H groups in total. The van der Waals surface area contributed by atoms with Gasteiger partial charge in [-0.3, -0.25) is 4.18 Å². The smallest absolute Gasteiger partial charge is 0.264 e. The lowest BCUT2D eigenvalue weighted by Crippen LogP contribution is -2.07. The standard InChI is InChI=1S/C20H16Cl2FNO4S/c1-29(25,26)28-12-15-9-18(14-7-16(21)10-17(22)8-14)24-20(19(15)23)27-11-13-5-3-2-4-6-13/h2-10H,11-12H2,1H3. The number of pyridine rings is 1. The van der Waals surface area contributed by atoms with Gasteiger partial charge in [0.2, 0.25) is 0 Å². The van der Waals surface area contributed by atoms with Crippen molar-refractivity contribution in [3.05, 3.63) is 81.6 Å². The Hall–Kier alpha value is -2.19. The fourth-order valence-electron chi connectivity index (χ4n) is 2.50. The summed E-state index contributed by atoms with van der Waals surface area (Å²) < 4.78 is 47.9. The van der Waals surface area contributed by atoms with Crippen molar-refractivity contribution < 1.29 is 21.7 Å². The quantitative estimate of drug-likeness (QED) is 0.455. The van der Waals surface area contributed by atoms with Crippen molar-refractivity contribution in [3.63, 3.8) is 0 Å². The Morgan fingerprint density at radius 3 is 2.28 bits per heavy atom. The number of hydrogen-bond donors (Lipinski definition) is 0. The highest BCUT2D eigenvalue weighted by Gasteiger charge is 2.18. The molecule has 0 spiro atoms. The minimum Gasteiger partial charge on any atom is -0.471 e. The zero-order valence-corrected chi connectivity index (χ0v) is 17.6. The molecule has 1 heterocycles. The Balaban J connectivity index is 2.00. The van der Waals surface area contributed by atoms with Gasteiger partial charge in [-0.05, 0) is 29.8 Å². The molecule has 9 heteroatoms. The second-order valence-electron chi connectivity index (χ2n) is 6.18.